The van der Waals surface area contributed by atoms with Crippen molar-refractivity contribution in [2.75, 3.05) is 5.32 Å². The Hall–Kier alpha value is -2.56. The Bertz CT molecular complexity index is 1240. The van der Waals surface area contributed by atoms with Gasteiger partial charge in [0.25, 0.3) is 5.91 Å². The Labute approximate surface area is 196 Å². The number of thiazole rings is 1. The van der Waals surface area contributed by atoms with Gasteiger partial charge >= 0.3 is 0 Å². The summed E-state index contributed by atoms with van der Waals surface area (Å²) in [6.45, 7) is 1.81. The van der Waals surface area contributed by atoms with Crippen LogP contribution in [0.3, 0.4) is 0 Å². The van der Waals surface area contributed by atoms with E-state index in [1.807, 2.05) is 43.3 Å². The van der Waals surface area contributed by atoms with E-state index in [2.05, 4.69) is 38.2 Å². The highest BCUT2D eigenvalue weighted by Gasteiger charge is 2.15. The van der Waals surface area contributed by atoms with E-state index in [-0.39, 0.29) is 16.8 Å². The lowest BCUT2D eigenvalue weighted by Crippen LogP contribution is -2.34. The molecule has 4 aromatic rings. The zero-order valence-electron chi connectivity index (χ0n) is 15.8. The van der Waals surface area contributed by atoms with Gasteiger partial charge in [-0.05, 0) is 95.8 Å². The number of nitrogens with one attached hydrogen (secondary N) is 2. The third kappa shape index (κ3) is 4.45. The van der Waals surface area contributed by atoms with Crippen molar-refractivity contribution in [1.82, 2.24) is 10.3 Å². The number of amides is 1. The SMILES string of the molecule is Cc1cc(NC(=S)NC(=O)c2ccc(I)cc2)cc(-c2nc3ccccc3s2)c1O. The molecule has 8 heteroatoms. The standard InChI is InChI=1S/C22H16IN3O2S2/c1-12-10-15(24-22(29)26-20(28)13-6-8-14(23)9-7-13)11-16(19(12)27)21-25-17-4-2-3-5-18(17)30-21/h2-11,27H,1H3,(H2,24,26,28,29). The molecule has 0 aliphatic carbocycles. The van der Waals surface area contributed by atoms with Crippen molar-refractivity contribution in [1.29, 1.82) is 0 Å². The second kappa shape index (κ2) is 8.66. The number of thiocarbonyl (C=S) groups is 1. The number of phenolic OH excluding ortho intramolecular Hbond substituents is 1. The van der Waals surface area contributed by atoms with E-state index in [0.717, 1.165) is 13.8 Å². The lowest BCUT2D eigenvalue weighted by molar-refractivity contribution is 0.0977. The van der Waals surface area contributed by atoms with Crippen LogP contribution in [0.5, 0.6) is 5.75 Å². The van der Waals surface area contributed by atoms with Crippen molar-refractivity contribution in [3.05, 3.63) is 75.4 Å². The number of rotatable bonds is 3. The molecular formula is C22H16IN3O2S2. The second-order valence-corrected chi connectivity index (χ2v) is 9.28. The number of carbonyl (C=O) groups is 1. The maximum Gasteiger partial charge on any atom is 0.257 e. The molecule has 0 aliphatic rings. The highest BCUT2D eigenvalue weighted by atomic mass is 127. The van der Waals surface area contributed by atoms with Crippen LogP contribution >= 0.6 is 46.1 Å². The van der Waals surface area contributed by atoms with Crippen molar-refractivity contribution in [2.45, 2.75) is 6.92 Å². The number of hydrogen-bond donors (Lipinski definition) is 3. The number of para-hydroxylation sites is 1. The summed E-state index contributed by atoms with van der Waals surface area (Å²) >= 11 is 9.00. The molecule has 0 saturated heterocycles. The number of aromatic nitrogens is 1. The summed E-state index contributed by atoms with van der Waals surface area (Å²) in [6.07, 6.45) is 0. The zero-order chi connectivity index (χ0) is 21.3. The first-order chi connectivity index (χ1) is 14.4. The lowest BCUT2D eigenvalue weighted by atomic mass is 10.1. The quantitative estimate of drug-likeness (QED) is 0.175. The van der Waals surface area contributed by atoms with Gasteiger partial charge in [0.1, 0.15) is 10.8 Å². The number of phenols is 1. The fourth-order valence-corrected chi connectivity index (χ4v) is 4.49. The van der Waals surface area contributed by atoms with Crippen molar-refractivity contribution in [3.63, 3.8) is 0 Å². The highest BCUT2D eigenvalue weighted by Crippen LogP contribution is 2.38. The van der Waals surface area contributed by atoms with E-state index in [1.165, 1.54) is 11.3 Å². The van der Waals surface area contributed by atoms with E-state index in [4.69, 9.17) is 12.2 Å². The topological polar surface area (TPSA) is 74.2 Å². The summed E-state index contributed by atoms with van der Waals surface area (Å²) in [4.78, 5) is 17.0. The Morgan fingerprint density at radius 2 is 1.87 bits per heavy atom. The monoisotopic (exact) mass is 545 g/mol. The fourth-order valence-electron chi connectivity index (χ4n) is 2.94. The number of carbonyl (C=O) groups excluding carboxylic acids is 1. The van der Waals surface area contributed by atoms with Gasteiger partial charge < -0.3 is 10.4 Å². The molecule has 5 nitrogen and oxygen atoms in total. The van der Waals surface area contributed by atoms with Gasteiger partial charge in [-0.2, -0.15) is 0 Å². The molecule has 1 amide bonds. The van der Waals surface area contributed by atoms with E-state index in [1.54, 1.807) is 24.3 Å². The number of aromatic hydroxyl groups is 1. The van der Waals surface area contributed by atoms with Crippen molar-refractivity contribution in [2.24, 2.45) is 0 Å². The molecule has 1 heterocycles. The van der Waals surface area contributed by atoms with Crippen LogP contribution in [0.25, 0.3) is 20.8 Å². The molecule has 0 radical (unpaired) electrons. The molecule has 0 bridgehead atoms. The van der Waals surface area contributed by atoms with Gasteiger partial charge in [0, 0.05) is 14.8 Å². The minimum absolute atomic E-state index is 0.174. The van der Waals surface area contributed by atoms with Crippen LogP contribution in [0.1, 0.15) is 15.9 Å². The first kappa shape index (κ1) is 20.7. The van der Waals surface area contributed by atoms with Gasteiger partial charge in [-0.15, -0.1) is 11.3 Å². The summed E-state index contributed by atoms with van der Waals surface area (Å²) in [6, 6.07) is 18.6. The van der Waals surface area contributed by atoms with Crippen LogP contribution < -0.4 is 10.6 Å². The smallest absolute Gasteiger partial charge is 0.257 e. The van der Waals surface area contributed by atoms with Crippen LogP contribution in [0.4, 0.5) is 5.69 Å². The van der Waals surface area contributed by atoms with Crippen molar-refractivity contribution >= 4 is 73.1 Å². The average molecular weight is 545 g/mol. The predicted molar refractivity (Wildman–Crippen MR) is 134 cm³/mol. The lowest BCUT2D eigenvalue weighted by Gasteiger charge is -2.13. The molecule has 3 N–H and O–H groups in total. The summed E-state index contributed by atoms with van der Waals surface area (Å²) in [5, 5.41) is 17.2. The van der Waals surface area contributed by atoms with Crippen LogP contribution in [0.2, 0.25) is 0 Å². The van der Waals surface area contributed by atoms with Gasteiger partial charge in [0.2, 0.25) is 0 Å². The average Bonchev–Trinajstić information content (AvgIpc) is 3.15. The molecule has 4 rings (SSSR count). The molecule has 1 aromatic heterocycles. The molecule has 0 aliphatic heterocycles. The molecule has 150 valence electrons. The normalized spacial score (nSPS) is 10.7. The fraction of sp³-hybridized carbons (Fsp3) is 0.0455. The largest absolute Gasteiger partial charge is 0.507 e. The number of hydrogen-bond acceptors (Lipinski definition) is 5. The van der Waals surface area contributed by atoms with Crippen molar-refractivity contribution in [3.8, 4) is 16.3 Å². The number of aryl methyl sites for hydroxylation is 1. The third-order valence-corrected chi connectivity index (χ3v) is 6.41. The Balaban J connectivity index is 1.56. The Morgan fingerprint density at radius 3 is 2.60 bits per heavy atom. The summed E-state index contributed by atoms with van der Waals surface area (Å²) in [5.74, 6) is -0.112. The van der Waals surface area contributed by atoms with Crippen molar-refractivity contribution < 1.29 is 9.90 Å². The van der Waals surface area contributed by atoms with Crippen LogP contribution in [-0.4, -0.2) is 21.1 Å². The maximum atomic E-state index is 12.4. The molecular weight excluding hydrogens is 529 g/mol. The molecule has 0 fully saturated rings. The van der Waals surface area contributed by atoms with E-state index >= 15 is 0 Å². The van der Waals surface area contributed by atoms with Gasteiger partial charge in [0.05, 0.1) is 15.8 Å². The highest BCUT2D eigenvalue weighted by molar-refractivity contribution is 14.1. The van der Waals surface area contributed by atoms with E-state index in [0.29, 0.717) is 27.4 Å². The van der Waals surface area contributed by atoms with Gasteiger partial charge in [-0.25, -0.2) is 4.98 Å². The van der Waals surface area contributed by atoms with Gasteiger partial charge in [-0.3, -0.25) is 10.1 Å². The Morgan fingerprint density at radius 1 is 1.13 bits per heavy atom. The van der Waals surface area contributed by atoms with Gasteiger partial charge in [-0.1, -0.05) is 12.1 Å². The van der Waals surface area contributed by atoms with Crippen LogP contribution in [0.15, 0.2) is 60.7 Å². The summed E-state index contributed by atoms with van der Waals surface area (Å²) in [7, 11) is 0. The summed E-state index contributed by atoms with van der Waals surface area (Å²) < 4.78 is 2.09. The maximum absolute atomic E-state index is 12.4. The zero-order valence-corrected chi connectivity index (χ0v) is 19.6. The first-order valence-electron chi connectivity index (χ1n) is 8.98. The molecule has 0 spiro atoms. The molecule has 0 atom stereocenters. The van der Waals surface area contributed by atoms with E-state index < -0.39 is 0 Å². The number of fused-ring (bicyclic) bond motifs is 1. The summed E-state index contributed by atoms with van der Waals surface area (Å²) in [5.41, 5.74) is 3.36. The molecule has 30 heavy (non-hydrogen) atoms. The molecule has 3 aromatic carbocycles. The second-order valence-electron chi connectivity index (χ2n) is 6.59. The Kier molecular flexibility index (Phi) is 5.98. The minimum Gasteiger partial charge on any atom is -0.507 e. The first-order valence-corrected chi connectivity index (χ1v) is 11.3. The number of benzene rings is 3. The van der Waals surface area contributed by atoms with Crippen LogP contribution in [0, 0.1) is 10.5 Å². The van der Waals surface area contributed by atoms with Crippen LogP contribution in [-0.2, 0) is 0 Å². The minimum atomic E-state index is -0.286. The number of nitrogens with zero attached hydrogens (tertiary/aromatic N) is 1. The number of anilines is 1. The van der Waals surface area contributed by atoms with E-state index in [9.17, 15) is 9.90 Å². The van der Waals surface area contributed by atoms with Gasteiger partial charge in [0.15, 0.2) is 5.11 Å². The third-order valence-electron chi connectivity index (χ3n) is 4.42. The molecule has 0 saturated carbocycles. The molecule has 0 unspecified atom stereocenters. The predicted octanol–water partition coefficient (Wildman–Crippen LogP) is 5.71. The number of halogens is 1.